The predicted octanol–water partition coefficient (Wildman–Crippen LogP) is 11.9. The Balaban J connectivity index is 0.000000407. The van der Waals surface area contributed by atoms with Crippen molar-refractivity contribution in [3.63, 3.8) is 0 Å². The van der Waals surface area contributed by atoms with Crippen LogP contribution in [-0.2, 0) is 9.09 Å². The van der Waals surface area contributed by atoms with E-state index in [1.807, 2.05) is 12.2 Å². The zero-order valence-electron chi connectivity index (χ0n) is 25.2. The van der Waals surface area contributed by atoms with Crippen molar-refractivity contribution < 1.29 is 63.1 Å². The third kappa shape index (κ3) is 12.9. The van der Waals surface area contributed by atoms with E-state index in [4.69, 9.17) is 43.9 Å². The van der Waals surface area contributed by atoms with Gasteiger partial charge in [-0.25, -0.2) is 22.5 Å². The van der Waals surface area contributed by atoms with Crippen molar-refractivity contribution in [3.8, 4) is 11.5 Å². The highest BCUT2D eigenvalue weighted by Gasteiger charge is 2.59. The molecular formula is C28H23BrCl3F8N2O6PS. The van der Waals surface area contributed by atoms with Crippen LogP contribution in [0, 0.1) is 11.6 Å². The number of anilines is 1. The number of ether oxygens (including phenoxy) is 1. The summed E-state index contributed by atoms with van der Waals surface area (Å²) in [5.41, 5.74) is -1.55. The summed E-state index contributed by atoms with van der Waals surface area (Å²) in [6, 6.07) is 7.29. The first kappa shape index (κ1) is 43.7. The number of benzene rings is 3. The Labute approximate surface area is 306 Å². The van der Waals surface area contributed by atoms with Gasteiger partial charge >= 0.3 is 25.1 Å². The van der Waals surface area contributed by atoms with E-state index < -0.39 is 75.9 Å². The van der Waals surface area contributed by atoms with E-state index >= 15 is 0 Å². The van der Waals surface area contributed by atoms with Gasteiger partial charge in [-0.05, 0) is 61.1 Å². The number of nitrogens with one attached hydrogen (secondary N) is 2. The molecule has 3 amide bonds. The van der Waals surface area contributed by atoms with Crippen LogP contribution in [0.3, 0.4) is 0 Å². The molecule has 0 fully saturated rings. The zero-order chi connectivity index (χ0) is 38.0. The van der Waals surface area contributed by atoms with Crippen LogP contribution in [0.4, 0.5) is 45.6 Å². The first-order valence-electron chi connectivity index (χ1n) is 13.5. The molecule has 0 bridgehead atoms. The number of carbonyl (C=O) groups excluding carboxylic acids is 2. The van der Waals surface area contributed by atoms with Crippen LogP contribution in [0.5, 0.6) is 11.5 Å². The average Bonchev–Trinajstić information content (AvgIpc) is 2.99. The highest BCUT2D eigenvalue weighted by atomic mass is 79.9. The molecule has 0 aliphatic heterocycles. The molecule has 0 radical (unpaired) electrons. The molecular weight excluding hydrogens is 862 g/mol. The minimum atomic E-state index is -5.94. The molecule has 2 N–H and O–H groups in total. The van der Waals surface area contributed by atoms with Crippen LogP contribution in [0.2, 0.25) is 15.1 Å². The highest BCUT2D eigenvalue weighted by Crippen LogP contribution is 2.61. The van der Waals surface area contributed by atoms with Crippen LogP contribution in [0.1, 0.15) is 30.6 Å². The third-order valence-electron chi connectivity index (χ3n) is 5.36. The summed E-state index contributed by atoms with van der Waals surface area (Å²) in [5, 5.41) is 2.40. The van der Waals surface area contributed by atoms with Crippen LogP contribution in [0.15, 0.2) is 53.0 Å². The first-order chi connectivity index (χ1) is 23.1. The molecule has 0 aliphatic carbocycles. The van der Waals surface area contributed by atoms with Crippen molar-refractivity contribution in [2.24, 2.45) is 0 Å². The number of alkyl halides is 6. The maximum absolute atomic E-state index is 13.6. The van der Waals surface area contributed by atoms with E-state index in [0.29, 0.717) is 35.3 Å². The lowest BCUT2D eigenvalue weighted by molar-refractivity contribution is -0.304. The highest BCUT2D eigenvalue weighted by molar-refractivity contribution is 9.10. The van der Waals surface area contributed by atoms with Crippen LogP contribution in [0.25, 0.3) is 0 Å². The lowest BCUT2D eigenvalue weighted by atomic mass is 10.2. The molecule has 0 heterocycles. The molecule has 8 nitrogen and oxygen atoms in total. The van der Waals surface area contributed by atoms with Crippen molar-refractivity contribution in [1.82, 2.24) is 5.32 Å². The van der Waals surface area contributed by atoms with Gasteiger partial charge in [0.25, 0.3) is 12.1 Å². The standard InChI is InChI=1S/C17H8Cl2F8N2O3.C11H15BrClO3PS/c18-6-5-11(32-17(26,27)14(22)16(23,24)25)7(19)4-10(6)28-15(31)29-13(30)12-8(20)2-1-3-9(12)21;1-3-7-18-17(14,15-4-2)16-11-6-5-9(12)8-10(11)13/h1-5,14H,(H2,28,29,30,31);5-6,8H,3-4,7H2,1-2H3. The van der Waals surface area contributed by atoms with E-state index in [1.165, 1.54) is 11.4 Å². The first-order valence-corrected chi connectivity index (χ1v) is 18.6. The molecule has 0 saturated carbocycles. The van der Waals surface area contributed by atoms with Gasteiger partial charge in [-0.1, -0.05) is 63.7 Å². The summed E-state index contributed by atoms with van der Waals surface area (Å²) < 4.78 is 131. The number of hydrogen-bond donors (Lipinski definition) is 2. The molecule has 0 aliphatic rings. The Morgan fingerprint density at radius 1 is 0.940 bits per heavy atom. The maximum Gasteiger partial charge on any atom is 0.440 e. The molecule has 50 heavy (non-hydrogen) atoms. The Morgan fingerprint density at radius 2 is 1.54 bits per heavy atom. The Hall–Kier alpha value is -2.47. The summed E-state index contributed by atoms with van der Waals surface area (Å²) in [6.07, 6.45) is -15.1. The number of amides is 3. The van der Waals surface area contributed by atoms with Crippen molar-refractivity contribution in [2.75, 3.05) is 17.7 Å². The molecule has 2 unspecified atom stereocenters. The number of hydrogen-bond acceptors (Lipinski definition) is 7. The van der Waals surface area contributed by atoms with Gasteiger partial charge in [0, 0.05) is 16.3 Å². The van der Waals surface area contributed by atoms with Crippen molar-refractivity contribution in [1.29, 1.82) is 0 Å². The molecule has 276 valence electrons. The van der Waals surface area contributed by atoms with E-state index in [9.17, 15) is 49.3 Å². The van der Waals surface area contributed by atoms with E-state index in [1.54, 1.807) is 30.4 Å². The molecule has 2 atom stereocenters. The third-order valence-corrected chi connectivity index (χ3v) is 10.7. The van der Waals surface area contributed by atoms with Gasteiger partial charge in [0.15, 0.2) is 0 Å². The quantitative estimate of drug-likeness (QED) is 0.138. The fourth-order valence-corrected chi connectivity index (χ4v) is 7.88. The number of rotatable bonds is 12. The summed E-state index contributed by atoms with van der Waals surface area (Å²) in [7, 11) is 0. The number of halogens is 12. The molecule has 0 saturated heterocycles. The van der Waals surface area contributed by atoms with E-state index in [-0.39, 0.29) is 0 Å². The van der Waals surface area contributed by atoms with Gasteiger partial charge in [0.2, 0.25) is 0 Å². The SMILES string of the molecule is CCCSP(=O)(OCC)Oc1ccc(Br)cc1Cl.O=C(NC(=O)c1c(F)cccc1F)Nc1cc(Cl)c(OC(F)(F)C(F)C(F)(F)F)cc1Cl. The van der Waals surface area contributed by atoms with Gasteiger partial charge in [-0.3, -0.25) is 14.6 Å². The van der Waals surface area contributed by atoms with Crippen LogP contribution >= 0.6 is 68.9 Å². The molecule has 22 heteroatoms. The normalized spacial score (nSPS) is 13.3. The van der Waals surface area contributed by atoms with Crippen LogP contribution < -0.4 is 19.9 Å². The van der Waals surface area contributed by atoms with Gasteiger partial charge < -0.3 is 14.6 Å². The van der Waals surface area contributed by atoms with E-state index in [0.717, 1.165) is 29.1 Å². The number of urea groups is 1. The fraction of sp³-hybridized carbons (Fsp3) is 0.286. The Morgan fingerprint density at radius 3 is 2.08 bits per heavy atom. The summed E-state index contributed by atoms with van der Waals surface area (Å²) in [6.45, 7) is 0.946. The van der Waals surface area contributed by atoms with Gasteiger partial charge in [0.1, 0.15) is 28.7 Å². The van der Waals surface area contributed by atoms with Crippen molar-refractivity contribution in [3.05, 3.63) is 85.3 Å². The maximum atomic E-state index is 13.6. The van der Waals surface area contributed by atoms with Crippen LogP contribution in [-0.4, -0.2) is 42.8 Å². The summed E-state index contributed by atoms with van der Waals surface area (Å²) in [4.78, 5) is 23.7. The summed E-state index contributed by atoms with van der Waals surface area (Å²) in [5.74, 6) is -4.11. The number of imide groups is 1. The van der Waals surface area contributed by atoms with Gasteiger partial charge in [-0.15, -0.1) is 0 Å². The molecule has 0 spiro atoms. The van der Waals surface area contributed by atoms with E-state index in [2.05, 4.69) is 20.7 Å². The topological polar surface area (TPSA) is 103 Å². The average molecular weight is 885 g/mol. The monoisotopic (exact) mass is 882 g/mol. The molecule has 3 aromatic rings. The zero-order valence-corrected chi connectivity index (χ0v) is 30.7. The lowest BCUT2D eigenvalue weighted by Gasteiger charge is -2.24. The van der Waals surface area contributed by atoms with Gasteiger partial charge in [-0.2, -0.15) is 22.0 Å². The molecule has 3 aromatic carbocycles. The smallest absolute Gasteiger partial charge is 0.428 e. The van der Waals surface area contributed by atoms with Crippen molar-refractivity contribution in [2.45, 2.75) is 38.7 Å². The number of carbonyl (C=O) groups is 2. The predicted molar refractivity (Wildman–Crippen MR) is 178 cm³/mol. The second-order valence-electron chi connectivity index (χ2n) is 9.20. The molecule has 0 aromatic heterocycles. The molecule has 3 rings (SSSR count). The fourth-order valence-electron chi connectivity index (χ4n) is 3.25. The summed E-state index contributed by atoms with van der Waals surface area (Å²) >= 11 is 21.8. The van der Waals surface area contributed by atoms with Gasteiger partial charge in [0.05, 0.1) is 27.4 Å². The minimum absolute atomic E-state index is 0.335. The minimum Gasteiger partial charge on any atom is -0.428 e. The Kier molecular flexibility index (Phi) is 16.5. The second-order valence-corrected chi connectivity index (χ2v) is 15.5. The van der Waals surface area contributed by atoms with Crippen molar-refractivity contribution >= 4 is 86.5 Å². The lowest BCUT2D eigenvalue weighted by Crippen LogP contribution is -2.45. The Bertz CT molecular complexity index is 1710. The second kappa shape index (κ2) is 18.9. The largest absolute Gasteiger partial charge is 0.440 e.